The summed E-state index contributed by atoms with van der Waals surface area (Å²) in [4.78, 5) is 3.43. The summed E-state index contributed by atoms with van der Waals surface area (Å²) in [5.74, 6) is 0. The summed E-state index contributed by atoms with van der Waals surface area (Å²) in [6, 6.07) is 28.7. The molecule has 0 N–H and O–H groups in total. The highest BCUT2D eigenvalue weighted by Crippen LogP contribution is 2.38. The van der Waals surface area contributed by atoms with E-state index in [-0.39, 0.29) is 0 Å². The van der Waals surface area contributed by atoms with E-state index in [1.807, 2.05) is 48.5 Å². The van der Waals surface area contributed by atoms with E-state index in [1.54, 1.807) is 9.59 Å². The molecule has 6 nitrogen and oxygen atoms in total. The first-order chi connectivity index (χ1) is 15.3. The summed E-state index contributed by atoms with van der Waals surface area (Å²) in [7, 11) is 0. The second kappa shape index (κ2) is 6.09. The maximum Gasteiger partial charge on any atom is 0.113 e. The van der Waals surface area contributed by atoms with Crippen LogP contribution >= 0.6 is 0 Å². The Hall–Kier alpha value is -4.32. The van der Waals surface area contributed by atoms with Crippen LogP contribution in [0.5, 0.6) is 0 Å². The number of benzene rings is 4. The molecular formula is C25H16N6. The lowest BCUT2D eigenvalue weighted by Crippen LogP contribution is -2.00. The van der Waals surface area contributed by atoms with E-state index in [9.17, 15) is 0 Å². The van der Waals surface area contributed by atoms with E-state index in [2.05, 4.69) is 56.8 Å². The highest BCUT2D eigenvalue weighted by Gasteiger charge is 2.21. The molecule has 0 bridgehead atoms. The molecule has 0 unspecified atom stereocenters. The van der Waals surface area contributed by atoms with Crippen LogP contribution in [0, 0.1) is 0 Å². The fraction of sp³-hybridized carbons (Fsp3) is 0.0400. The van der Waals surface area contributed by atoms with Crippen molar-refractivity contribution >= 4 is 22.1 Å². The van der Waals surface area contributed by atoms with Crippen molar-refractivity contribution in [3.8, 4) is 22.5 Å². The van der Waals surface area contributed by atoms with Gasteiger partial charge in [-0.3, -0.25) is 0 Å². The Morgan fingerprint density at radius 1 is 0.484 bits per heavy atom. The lowest BCUT2D eigenvalue weighted by Gasteiger charge is -2.06. The average molecular weight is 400 g/mol. The van der Waals surface area contributed by atoms with Gasteiger partial charge in [0.1, 0.15) is 22.1 Å². The Balaban J connectivity index is 1.34. The van der Waals surface area contributed by atoms with Gasteiger partial charge in [0.25, 0.3) is 0 Å². The third-order valence-corrected chi connectivity index (χ3v) is 5.89. The van der Waals surface area contributed by atoms with Crippen molar-refractivity contribution in [2.75, 3.05) is 0 Å². The average Bonchev–Trinajstić information content (AvgIpc) is 3.52. The quantitative estimate of drug-likeness (QED) is 0.421. The van der Waals surface area contributed by atoms with Gasteiger partial charge in [0.15, 0.2) is 0 Å². The second-order valence-electron chi connectivity index (χ2n) is 7.82. The number of hydrogen-bond donors (Lipinski definition) is 0. The fourth-order valence-corrected chi connectivity index (χ4v) is 4.34. The van der Waals surface area contributed by atoms with Crippen LogP contribution < -0.4 is 0 Å². The van der Waals surface area contributed by atoms with Crippen molar-refractivity contribution in [3.05, 3.63) is 96.1 Å². The van der Waals surface area contributed by atoms with Gasteiger partial charge in [-0.05, 0) is 77.2 Å². The summed E-state index contributed by atoms with van der Waals surface area (Å²) >= 11 is 0. The van der Waals surface area contributed by atoms with E-state index in [0.717, 1.165) is 39.9 Å². The first kappa shape index (κ1) is 16.5. The molecule has 0 amide bonds. The molecule has 6 heteroatoms. The van der Waals surface area contributed by atoms with Gasteiger partial charge in [-0.1, -0.05) is 36.4 Å². The zero-order chi connectivity index (χ0) is 20.4. The van der Waals surface area contributed by atoms with Gasteiger partial charge >= 0.3 is 0 Å². The molecule has 2 aromatic heterocycles. The van der Waals surface area contributed by atoms with Gasteiger partial charge in [-0.25, -0.2) is 0 Å². The van der Waals surface area contributed by atoms with Crippen molar-refractivity contribution in [1.82, 2.24) is 30.0 Å². The van der Waals surface area contributed by atoms with E-state index >= 15 is 0 Å². The summed E-state index contributed by atoms with van der Waals surface area (Å²) in [6.07, 6.45) is 0.925. The zero-order valence-electron chi connectivity index (χ0n) is 16.5. The predicted octanol–water partition coefficient (Wildman–Crippen LogP) is 4.73. The summed E-state index contributed by atoms with van der Waals surface area (Å²) < 4.78 is 0. The van der Waals surface area contributed by atoms with Crippen LogP contribution in [0.3, 0.4) is 0 Å². The maximum absolute atomic E-state index is 4.64. The van der Waals surface area contributed by atoms with Crippen LogP contribution in [0.25, 0.3) is 44.6 Å². The molecule has 0 saturated heterocycles. The Morgan fingerprint density at radius 3 is 1.26 bits per heavy atom. The number of rotatable bonds is 2. The topological polar surface area (TPSA) is 61.4 Å². The fourth-order valence-electron chi connectivity index (χ4n) is 4.34. The Morgan fingerprint density at radius 2 is 0.871 bits per heavy atom. The van der Waals surface area contributed by atoms with Crippen molar-refractivity contribution in [2.24, 2.45) is 0 Å². The molecule has 6 aromatic rings. The number of fused-ring (bicyclic) bond motifs is 5. The second-order valence-corrected chi connectivity index (χ2v) is 7.82. The number of aromatic nitrogens is 6. The van der Waals surface area contributed by atoms with Crippen LogP contribution in [0.1, 0.15) is 11.1 Å². The summed E-state index contributed by atoms with van der Waals surface area (Å²) in [5, 5.41) is 18.5. The van der Waals surface area contributed by atoms with Crippen molar-refractivity contribution in [2.45, 2.75) is 6.42 Å². The van der Waals surface area contributed by atoms with Crippen LogP contribution in [0.15, 0.2) is 84.9 Å². The molecular weight excluding hydrogens is 384 g/mol. The van der Waals surface area contributed by atoms with Crippen molar-refractivity contribution in [3.63, 3.8) is 0 Å². The Bertz CT molecular complexity index is 1440. The highest BCUT2D eigenvalue weighted by atomic mass is 15.5. The first-order valence-electron chi connectivity index (χ1n) is 10.2. The lowest BCUT2D eigenvalue weighted by molar-refractivity contribution is 0.765. The Kier molecular flexibility index (Phi) is 3.24. The Labute approximate surface area is 177 Å². The number of nitrogens with zero attached hydrogens (tertiary/aromatic N) is 6. The van der Waals surface area contributed by atoms with Gasteiger partial charge in [-0.2, -0.15) is 9.59 Å². The third-order valence-electron chi connectivity index (χ3n) is 5.89. The molecule has 31 heavy (non-hydrogen) atoms. The van der Waals surface area contributed by atoms with Crippen LogP contribution in [-0.2, 0) is 6.42 Å². The maximum atomic E-state index is 4.64. The van der Waals surface area contributed by atoms with Gasteiger partial charge in [0, 0.05) is 0 Å². The lowest BCUT2D eigenvalue weighted by atomic mass is 10.0. The molecule has 0 aliphatic heterocycles. The minimum Gasteiger partial charge on any atom is -0.150 e. The molecule has 0 saturated carbocycles. The monoisotopic (exact) mass is 400 g/mol. The summed E-state index contributed by atoms with van der Waals surface area (Å²) in [5.41, 5.74) is 10.5. The molecule has 1 aliphatic carbocycles. The third kappa shape index (κ3) is 2.51. The standard InChI is InChI=1S/C25H16N6/c1-2-6-23-22(5-1)26-30(27-23)18-11-9-16-13-17-10-12-19(15-21(17)20(16)14-18)31-28-24-7-3-4-8-25(24)29-31/h1-12,14-15H,13H2. The zero-order valence-corrected chi connectivity index (χ0v) is 16.5. The molecule has 0 atom stereocenters. The smallest absolute Gasteiger partial charge is 0.113 e. The normalized spacial score (nSPS) is 12.4. The molecule has 7 rings (SSSR count). The minimum absolute atomic E-state index is 0.891. The summed E-state index contributed by atoms with van der Waals surface area (Å²) in [6.45, 7) is 0. The molecule has 1 aliphatic rings. The van der Waals surface area contributed by atoms with Gasteiger partial charge in [0.05, 0.1) is 11.4 Å². The SMILES string of the molecule is c1ccc2nn(-c3ccc4c(c3)-c3cc(-n5nc6ccccc6n5)ccc3C4)nc2c1. The van der Waals surface area contributed by atoms with Gasteiger partial charge in [-0.15, -0.1) is 20.4 Å². The minimum atomic E-state index is 0.891. The van der Waals surface area contributed by atoms with Gasteiger partial charge < -0.3 is 0 Å². The van der Waals surface area contributed by atoms with Crippen molar-refractivity contribution in [1.29, 1.82) is 0 Å². The van der Waals surface area contributed by atoms with Crippen LogP contribution in [0.4, 0.5) is 0 Å². The van der Waals surface area contributed by atoms with Crippen LogP contribution in [-0.4, -0.2) is 30.0 Å². The molecule has 2 heterocycles. The number of hydrogen-bond acceptors (Lipinski definition) is 4. The first-order valence-corrected chi connectivity index (χ1v) is 10.2. The highest BCUT2D eigenvalue weighted by molar-refractivity contribution is 5.80. The van der Waals surface area contributed by atoms with Crippen LogP contribution in [0.2, 0.25) is 0 Å². The largest absolute Gasteiger partial charge is 0.150 e. The molecule has 0 radical (unpaired) electrons. The van der Waals surface area contributed by atoms with Gasteiger partial charge in [0.2, 0.25) is 0 Å². The molecule has 146 valence electrons. The molecule has 0 fully saturated rings. The molecule has 0 spiro atoms. The molecule has 4 aromatic carbocycles. The van der Waals surface area contributed by atoms with Crippen molar-refractivity contribution < 1.29 is 0 Å². The van der Waals surface area contributed by atoms with E-state index in [1.165, 1.54) is 22.3 Å². The van der Waals surface area contributed by atoms with E-state index < -0.39 is 0 Å². The van der Waals surface area contributed by atoms with E-state index in [0.29, 0.717) is 0 Å². The predicted molar refractivity (Wildman–Crippen MR) is 120 cm³/mol. The van der Waals surface area contributed by atoms with E-state index in [4.69, 9.17) is 0 Å².